The molecule has 1 aromatic rings. The van der Waals surface area contributed by atoms with Crippen molar-refractivity contribution < 1.29 is 22.7 Å². The first-order chi connectivity index (χ1) is 12.7. The highest BCUT2D eigenvalue weighted by Crippen LogP contribution is 2.23. The fourth-order valence-electron chi connectivity index (χ4n) is 3.20. The van der Waals surface area contributed by atoms with Crippen molar-refractivity contribution in [2.75, 3.05) is 13.2 Å². The molecule has 1 aromatic carbocycles. The van der Waals surface area contributed by atoms with Gasteiger partial charge in [-0.05, 0) is 49.8 Å². The Morgan fingerprint density at radius 1 is 1.19 bits per heavy atom. The highest BCUT2D eigenvalue weighted by Gasteiger charge is 2.23. The average molecular weight is 397 g/mol. The zero-order valence-corrected chi connectivity index (χ0v) is 16.9. The molecule has 2 rings (SSSR count). The molecule has 1 amide bonds. The minimum atomic E-state index is -3.83. The van der Waals surface area contributed by atoms with Gasteiger partial charge in [0.25, 0.3) is 5.91 Å². The molecule has 1 aliphatic rings. The molecule has 150 valence electrons. The fourth-order valence-corrected chi connectivity index (χ4v) is 4.50. The molecule has 1 fully saturated rings. The summed E-state index contributed by atoms with van der Waals surface area (Å²) in [6.07, 6.45) is 4.25. The van der Waals surface area contributed by atoms with Crippen LogP contribution < -0.4 is 10.0 Å². The van der Waals surface area contributed by atoms with Gasteiger partial charge in [-0.25, -0.2) is 8.42 Å². The third-order valence-electron chi connectivity index (χ3n) is 4.86. The lowest BCUT2D eigenvalue weighted by Crippen LogP contribution is -2.43. The number of amides is 1. The minimum Gasteiger partial charge on any atom is -0.455 e. The quantitative estimate of drug-likeness (QED) is 0.685. The van der Waals surface area contributed by atoms with Crippen molar-refractivity contribution in [1.29, 1.82) is 0 Å². The molecule has 1 aliphatic carbocycles. The number of hydrogen-bond acceptors (Lipinski definition) is 5. The van der Waals surface area contributed by atoms with E-state index in [-0.39, 0.29) is 16.8 Å². The molecule has 1 saturated carbocycles. The molecule has 0 heterocycles. The van der Waals surface area contributed by atoms with E-state index < -0.39 is 29.1 Å². The second-order valence-corrected chi connectivity index (χ2v) is 8.93. The van der Waals surface area contributed by atoms with Crippen molar-refractivity contribution in [3.05, 3.63) is 29.3 Å². The maximum atomic E-state index is 12.3. The van der Waals surface area contributed by atoms with Crippen molar-refractivity contribution in [3.8, 4) is 0 Å². The molecule has 0 radical (unpaired) electrons. The molecule has 2 atom stereocenters. The molecule has 7 nitrogen and oxygen atoms in total. The third kappa shape index (κ3) is 6.32. The minimum absolute atomic E-state index is 0.104. The molecular formula is C19H28N2O5S. The number of carbonyl (C=O) groups is 2. The maximum absolute atomic E-state index is 12.3. The molecule has 27 heavy (non-hydrogen) atoms. The molecule has 0 spiro atoms. The van der Waals surface area contributed by atoms with Crippen molar-refractivity contribution >= 4 is 21.9 Å². The van der Waals surface area contributed by atoms with Crippen molar-refractivity contribution in [3.63, 3.8) is 0 Å². The lowest BCUT2D eigenvalue weighted by Gasteiger charge is -2.29. The lowest BCUT2D eigenvalue weighted by atomic mass is 9.86. The van der Waals surface area contributed by atoms with E-state index in [4.69, 9.17) is 4.74 Å². The average Bonchev–Trinajstić information content (AvgIpc) is 2.62. The Morgan fingerprint density at radius 3 is 2.59 bits per heavy atom. The third-order valence-corrected chi connectivity index (χ3v) is 6.41. The van der Waals surface area contributed by atoms with Crippen LogP contribution in [0.5, 0.6) is 0 Å². The van der Waals surface area contributed by atoms with Gasteiger partial charge in [-0.3, -0.25) is 9.59 Å². The van der Waals surface area contributed by atoms with E-state index in [0.29, 0.717) is 11.5 Å². The smallest absolute Gasteiger partial charge is 0.321 e. The number of carbonyl (C=O) groups excluding carboxylic acids is 2. The predicted octanol–water partition coefficient (Wildman–Crippen LogP) is 1.82. The van der Waals surface area contributed by atoms with E-state index in [0.717, 1.165) is 24.8 Å². The van der Waals surface area contributed by atoms with Gasteiger partial charge in [0, 0.05) is 6.04 Å². The summed E-state index contributed by atoms with van der Waals surface area (Å²) in [5.74, 6) is -0.752. The first-order valence-corrected chi connectivity index (χ1v) is 10.7. The van der Waals surface area contributed by atoms with Crippen LogP contribution in [0.4, 0.5) is 0 Å². The number of aryl methyl sites for hydroxylation is 2. The lowest BCUT2D eigenvalue weighted by molar-refractivity contribution is -0.147. The summed E-state index contributed by atoms with van der Waals surface area (Å²) in [6.45, 7) is 4.63. The number of rotatable bonds is 7. The summed E-state index contributed by atoms with van der Waals surface area (Å²) in [5, 5.41) is 2.88. The summed E-state index contributed by atoms with van der Waals surface area (Å²) in [7, 11) is -3.83. The number of benzene rings is 1. The number of ether oxygens (including phenoxy) is 1. The Balaban J connectivity index is 1.80. The van der Waals surface area contributed by atoms with Gasteiger partial charge in [-0.2, -0.15) is 4.72 Å². The SMILES string of the molecule is Cc1ccc(C)c(S(=O)(=O)NCC(=O)OCC(=O)N[C@@H]2CCCC[C@H]2C)c1. The van der Waals surface area contributed by atoms with Crippen LogP contribution in [0.2, 0.25) is 0 Å². The van der Waals surface area contributed by atoms with Gasteiger partial charge in [0.05, 0.1) is 4.90 Å². The second kappa shape index (κ2) is 9.32. The zero-order valence-electron chi connectivity index (χ0n) is 16.1. The van der Waals surface area contributed by atoms with Gasteiger partial charge in [0.1, 0.15) is 6.54 Å². The number of hydrogen-bond donors (Lipinski definition) is 2. The summed E-state index contributed by atoms with van der Waals surface area (Å²) >= 11 is 0. The van der Waals surface area contributed by atoms with E-state index in [9.17, 15) is 18.0 Å². The van der Waals surface area contributed by atoms with Gasteiger partial charge in [-0.15, -0.1) is 0 Å². The molecule has 0 aromatic heterocycles. The monoisotopic (exact) mass is 396 g/mol. The first-order valence-electron chi connectivity index (χ1n) is 9.21. The molecule has 0 bridgehead atoms. The number of nitrogens with one attached hydrogen (secondary N) is 2. The molecule has 0 unspecified atom stereocenters. The van der Waals surface area contributed by atoms with E-state index in [1.807, 2.05) is 6.07 Å². The standard InChI is InChI=1S/C19H28N2O5S/c1-13-8-9-15(3)17(10-13)27(24,25)20-11-19(23)26-12-18(22)21-16-7-5-4-6-14(16)2/h8-10,14,16,20H,4-7,11-12H2,1-3H3,(H,21,22)/t14-,16-/m1/s1. The van der Waals surface area contributed by atoms with Crippen LogP contribution in [0, 0.1) is 19.8 Å². The van der Waals surface area contributed by atoms with Gasteiger partial charge in [-0.1, -0.05) is 31.9 Å². The second-order valence-electron chi connectivity index (χ2n) is 7.19. The van der Waals surface area contributed by atoms with Gasteiger partial charge in [0.15, 0.2) is 6.61 Å². The number of sulfonamides is 1. The van der Waals surface area contributed by atoms with E-state index in [2.05, 4.69) is 17.0 Å². The van der Waals surface area contributed by atoms with Crippen LogP contribution in [-0.4, -0.2) is 39.5 Å². The molecule has 0 aliphatic heterocycles. The summed E-state index contributed by atoms with van der Waals surface area (Å²) < 4.78 is 31.8. The normalized spacial score (nSPS) is 20.1. The highest BCUT2D eigenvalue weighted by molar-refractivity contribution is 7.89. The van der Waals surface area contributed by atoms with Crippen LogP contribution in [-0.2, 0) is 24.3 Å². The van der Waals surface area contributed by atoms with Crippen molar-refractivity contribution in [2.24, 2.45) is 5.92 Å². The van der Waals surface area contributed by atoms with Crippen LogP contribution >= 0.6 is 0 Å². The summed E-state index contributed by atoms with van der Waals surface area (Å²) in [5.41, 5.74) is 1.39. The van der Waals surface area contributed by atoms with Gasteiger partial charge < -0.3 is 10.1 Å². The highest BCUT2D eigenvalue weighted by atomic mass is 32.2. The fraction of sp³-hybridized carbons (Fsp3) is 0.579. The Morgan fingerprint density at radius 2 is 1.89 bits per heavy atom. The van der Waals surface area contributed by atoms with Gasteiger partial charge in [0.2, 0.25) is 10.0 Å². The summed E-state index contributed by atoms with van der Waals surface area (Å²) in [4.78, 5) is 23.9. The maximum Gasteiger partial charge on any atom is 0.321 e. The number of esters is 1. The molecule has 0 saturated heterocycles. The zero-order chi connectivity index (χ0) is 20.0. The van der Waals surface area contributed by atoms with E-state index in [1.54, 1.807) is 26.0 Å². The van der Waals surface area contributed by atoms with E-state index >= 15 is 0 Å². The molecule has 8 heteroatoms. The Bertz CT molecular complexity index is 791. The molecular weight excluding hydrogens is 368 g/mol. The summed E-state index contributed by atoms with van der Waals surface area (Å²) in [6, 6.07) is 5.17. The largest absolute Gasteiger partial charge is 0.455 e. The Kier molecular flexibility index (Phi) is 7.38. The predicted molar refractivity (Wildman–Crippen MR) is 102 cm³/mol. The first kappa shape index (κ1) is 21.4. The topological polar surface area (TPSA) is 102 Å². The Labute approximate surface area is 160 Å². The Hall–Kier alpha value is -1.93. The molecule has 2 N–H and O–H groups in total. The van der Waals surface area contributed by atoms with Crippen molar-refractivity contribution in [2.45, 2.75) is 57.4 Å². The van der Waals surface area contributed by atoms with Gasteiger partial charge >= 0.3 is 5.97 Å². The van der Waals surface area contributed by atoms with Crippen LogP contribution in [0.25, 0.3) is 0 Å². The van der Waals surface area contributed by atoms with Crippen LogP contribution in [0.1, 0.15) is 43.7 Å². The van der Waals surface area contributed by atoms with Crippen LogP contribution in [0.15, 0.2) is 23.1 Å². The van der Waals surface area contributed by atoms with Crippen LogP contribution in [0.3, 0.4) is 0 Å². The van der Waals surface area contributed by atoms with E-state index in [1.165, 1.54) is 6.42 Å². The van der Waals surface area contributed by atoms with Crippen molar-refractivity contribution in [1.82, 2.24) is 10.0 Å².